The molecule has 0 radical (unpaired) electrons. The van der Waals surface area contributed by atoms with E-state index in [0.29, 0.717) is 29.6 Å². The summed E-state index contributed by atoms with van der Waals surface area (Å²) in [7, 11) is -3.60. The van der Waals surface area contributed by atoms with Crippen LogP contribution in [-0.2, 0) is 15.9 Å². The summed E-state index contributed by atoms with van der Waals surface area (Å²) >= 11 is 17.9. The van der Waals surface area contributed by atoms with Crippen molar-refractivity contribution in [2.24, 2.45) is 5.92 Å². The van der Waals surface area contributed by atoms with Crippen LogP contribution in [-0.4, -0.2) is 25.8 Å². The van der Waals surface area contributed by atoms with Gasteiger partial charge in [-0.25, -0.2) is 8.42 Å². The summed E-state index contributed by atoms with van der Waals surface area (Å²) in [6, 6.07) is 2.94. The molecule has 0 aliphatic carbocycles. The molecule has 0 bridgehead atoms. The van der Waals surface area contributed by atoms with E-state index >= 15 is 0 Å². The minimum Gasteiger partial charge on any atom is -0.207 e. The van der Waals surface area contributed by atoms with Crippen LogP contribution in [0.4, 0.5) is 0 Å². The zero-order valence-electron chi connectivity index (χ0n) is 11.8. The van der Waals surface area contributed by atoms with Gasteiger partial charge in [-0.15, -0.1) is 11.6 Å². The van der Waals surface area contributed by atoms with Crippen LogP contribution >= 0.6 is 34.8 Å². The molecule has 1 aliphatic rings. The average molecular weight is 371 g/mol. The minimum absolute atomic E-state index is 0.0961. The van der Waals surface area contributed by atoms with Gasteiger partial charge in [-0.05, 0) is 42.9 Å². The maximum Gasteiger partial charge on any atom is 0.244 e. The monoisotopic (exact) mass is 369 g/mol. The first kappa shape index (κ1) is 17.4. The summed E-state index contributed by atoms with van der Waals surface area (Å²) in [5, 5.41) is 0.532. The second-order valence-corrected chi connectivity index (χ2v) is 8.44. The lowest BCUT2D eigenvalue weighted by Crippen LogP contribution is -2.32. The van der Waals surface area contributed by atoms with Crippen molar-refractivity contribution in [3.05, 3.63) is 27.7 Å². The van der Waals surface area contributed by atoms with Crippen molar-refractivity contribution >= 4 is 44.8 Å². The molecule has 0 spiro atoms. The Balaban J connectivity index is 2.39. The molecule has 3 nitrogen and oxygen atoms in total. The van der Waals surface area contributed by atoms with Crippen molar-refractivity contribution in [1.29, 1.82) is 0 Å². The third-order valence-electron chi connectivity index (χ3n) is 3.84. The second-order valence-electron chi connectivity index (χ2n) is 5.45. The van der Waals surface area contributed by atoms with Crippen molar-refractivity contribution in [3.8, 4) is 0 Å². The van der Waals surface area contributed by atoms with Crippen LogP contribution in [0.3, 0.4) is 0 Å². The van der Waals surface area contributed by atoms with Gasteiger partial charge in [0.25, 0.3) is 0 Å². The average Bonchev–Trinajstić information content (AvgIpc) is 2.63. The van der Waals surface area contributed by atoms with Crippen LogP contribution < -0.4 is 0 Å². The third kappa shape index (κ3) is 3.85. The molecule has 7 heteroatoms. The Kier molecular flexibility index (Phi) is 5.83. The first-order valence-electron chi connectivity index (χ1n) is 6.90. The van der Waals surface area contributed by atoms with Crippen LogP contribution in [0.5, 0.6) is 0 Å². The van der Waals surface area contributed by atoms with E-state index < -0.39 is 10.0 Å². The molecule has 1 aromatic rings. The molecule has 1 aliphatic heterocycles. The largest absolute Gasteiger partial charge is 0.244 e. The van der Waals surface area contributed by atoms with Crippen molar-refractivity contribution in [2.45, 2.75) is 37.0 Å². The zero-order valence-corrected chi connectivity index (χ0v) is 14.9. The number of alkyl halides is 1. The second kappa shape index (κ2) is 7.05. The van der Waals surface area contributed by atoms with Gasteiger partial charge in [0.2, 0.25) is 10.0 Å². The van der Waals surface area contributed by atoms with Crippen molar-refractivity contribution < 1.29 is 8.42 Å². The highest BCUT2D eigenvalue weighted by molar-refractivity contribution is 7.89. The highest BCUT2D eigenvalue weighted by atomic mass is 35.5. The van der Waals surface area contributed by atoms with E-state index in [1.807, 2.05) is 0 Å². The molecule has 0 N–H and O–H groups in total. The van der Waals surface area contributed by atoms with Crippen LogP contribution in [0.25, 0.3) is 0 Å². The summed E-state index contributed by atoms with van der Waals surface area (Å²) in [6.45, 7) is 3.21. The number of hydrogen-bond acceptors (Lipinski definition) is 2. The van der Waals surface area contributed by atoms with Crippen LogP contribution in [0.2, 0.25) is 10.0 Å². The molecule has 118 valence electrons. The number of sulfonamides is 1. The molecule has 1 unspecified atom stereocenters. The van der Waals surface area contributed by atoms with Crippen molar-refractivity contribution in [2.75, 3.05) is 13.1 Å². The predicted octanol–water partition coefficient (Wildman–Crippen LogP) is 4.54. The van der Waals surface area contributed by atoms with Crippen LogP contribution in [0, 0.1) is 5.92 Å². The standard InChI is InChI=1S/C14H18Cl3NO2S/c1-10-3-2-5-18(6-4-10)21(19,20)14-7-11(9-15)12(16)8-13(14)17/h7-8,10H,2-6,9H2,1H3. The normalized spacial score (nSPS) is 21.2. The fraction of sp³-hybridized carbons (Fsp3) is 0.571. The molecule has 0 amide bonds. The Bertz CT molecular complexity index is 619. The Morgan fingerprint density at radius 2 is 1.90 bits per heavy atom. The lowest BCUT2D eigenvalue weighted by molar-refractivity contribution is 0.417. The van der Waals surface area contributed by atoms with Gasteiger partial charge in [0.05, 0.1) is 5.02 Å². The summed E-state index contributed by atoms with van der Waals surface area (Å²) in [5.74, 6) is 0.694. The van der Waals surface area contributed by atoms with E-state index in [0.717, 1.165) is 19.3 Å². The summed E-state index contributed by atoms with van der Waals surface area (Å²) in [4.78, 5) is 0.0961. The quantitative estimate of drug-likeness (QED) is 0.732. The zero-order chi connectivity index (χ0) is 15.6. The van der Waals surface area contributed by atoms with Gasteiger partial charge >= 0.3 is 0 Å². The van der Waals surface area contributed by atoms with E-state index in [9.17, 15) is 8.42 Å². The molecule has 1 heterocycles. The lowest BCUT2D eigenvalue weighted by Gasteiger charge is -2.21. The molecular formula is C14H18Cl3NO2S. The van der Waals surface area contributed by atoms with E-state index in [1.165, 1.54) is 16.4 Å². The van der Waals surface area contributed by atoms with Crippen molar-refractivity contribution in [1.82, 2.24) is 4.31 Å². The van der Waals surface area contributed by atoms with E-state index in [2.05, 4.69) is 6.92 Å². The van der Waals surface area contributed by atoms with Gasteiger partial charge in [0.1, 0.15) is 4.90 Å². The smallest absolute Gasteiger partial charge is 0.207 e. The molecule has 1 aromatic carbocycles. The van der Waals surface area contributed by atoms with Gasteiger partial charge in [-0.3, -0.25) is 0 Å². The third-order valence-corrected chi connectivity index (χ3v) is 6.84. The molecular weight excluding hydrogens is 353 g/mol. The fourth-order valence-electron chi connectivity index (χ4n) is 2.49. The van der Waals surface area contributed by atoms with E-state index in [4.69, 9.17) is 34.8 Å². The van der Waals surface area contributed by atoms with E-state index in [1.54, 1.807) is 0 Å². The van der Waals surface area contributed by atoms with Gasteiger partial charge in [0.15, 0.2) is 0 Å². The highest BCUT2D eigenvalue weighted by Gasteiger charge is 2.29. The topological polar surface area (TPSA) is 37.4 Å². The molecule has 1 atom stereocenters. The summed E-state index contributed by atoms with van der Waals surface area (Å²) in [6.07, 6.45) is 2.79. The van der Waals surface area contributed by atoms with Crippen LogP contribution in [0.1, 0.15) is 31.7 Å². The molecule has 0 saturated carbocycles. The highest BCUT2D eigenvalue weighted by Crippen LogP contribution is 2.32. The Hall–Kier alpha value is -0.000000000000000111. The molecule has 2 rings (SSSR count). The Morgan fingerprint density at radius 3 is 2.57 bits per heavy atom. The first-order chi connectivity index (χ1) is 9.86. The minimum atomic E-state index is -3.60. The van der Waals surface area contributed by atoms with Gasteiger partial charge in [-0.2, -0.15) is 4.31 Å². The maximum absolute atomic E-state index is 12.8. The van der Waals surface area contributed by atoms with E-state index in [-0.39, 0.29) is 15.8 Å². The first-order valence-corrected chi connectivity index (χ1v) is 9.63. The number of benzene rings is 1. The number of halogens is 3. The summed E-state index contributed by atoms with van der Waals surface area (Å²) in [5.41, 5.74) is 0.574. The Labute approximate surface area is 141 Å². The van der Waals surface area contributed by atoms with Gasteiger partial charge < -0.3 is 0 Å². The fourth-order valence-corrected chi connectivity index (χ4v) is 5.11. The lowest BCUT2D eigenvalue weighted by atomic mass is 10.0. The predicted molar refractivity (Wildman–Crippen MR) is 87.8 cm³/mol. The Morgan fingerprint density at radius 1 is 1.19 bits per heavy atom. The molecule has 21 heavy (non-hydrogen) atoms. The van der Waals surface area contributed by atoms with Crippen molar-refractivity contribution in [3.63, 3.8) is 0 Å². The maximum atomic E-state index is 12.8. The SMILES string of the molecule is CC1CCCN(S(=O)(=O)c2cc(CCl)c(Cl)cc2Cl)CC1. The number of hydrogen-bond donors (Lipinski definition) is 0. The molecule has 1 saturated heterocycles. The number of rotatable bonds is 3. The van der Waals surface area contributed by atoms with Gasteiger partial charge in [0, 0.05) is 24.0 Å². The summed E-state index contributed by atoms with van der Waals surface area (Å²) < 4.78 is 27.1. The van der Waals surface area contributed by atoms with Gasteiger partial charge in [-0.1, -0.05) is 30.1 Å². The van der Waals surface area contributed by atoms with Crippen LogP contribution in [0.15, 0.2) is 17.0 Å². The number of nitrogens with zero attached hydrogens (tertiary/aromatic N) is 1. The molecule has 0 aromatic heterocycles. The molecule has 1 fully saturated rings.